The van der Waals surface area contributed by atoms with Crippen molar-refractivity contribution in [1.82, 2.24) is 4.90 Å². The first kappa shape index (κ1) is 22.7. The number of rotatable bonds is 7. The largest absolute Gasteiger partial charge is 0.493 e. The second kappa shape index (κ2) is 9.95. The van der Waals surface area contributed by atoms with Gasteiger partial charge in [0, 0.05) is 19.1 Å². The van der Waals surface area contributed by atoms with Crippen LogP contribution >= 0.6 is 0 Å². The molecule has 4 rings (SSSR count). The molecule has 172 valence electrons. The van der Waals surface area contributed by atoms with Gasteiger partial charge in [0.15, 0.2) is 11.5 Å². The van der Waals surface area contributed by atoms with Gasteiger partial charge in [-0.25, -0.2) is 4.79 Å². The van der Waals surface area contributed by atoms with Crippen LogP contribution in [0.1, 0.15) is 54.2 Å². The van der Waals surface area contributed by atoms with Crippen LogP contribution in [0.2, 0.25) is 0 Å². The van der Waals surface area contributed by atoms with Gasteiger partial charge in [0.2, 0.25) is 0 Å². The summed E-state index contributed by atoms with van der Waals surface area (Å²) in [5, 5.41) is 0. The molecule has 2 heterocycles. The van der Waals surface area contributed by atoms with Gasteiger partial charge < -0.3 is 14.2 Å². The molecule has 0 aromatic heterocycles. The van der Waals surface area contributed by atoms with Crippen molar-refractivity contribution in [2.45, 2.75) is 39.2 Å². The number of nitrogens with zero attached hydrogens (tertiary/aromatic N) is 1. The molecule has 0 spiro atoms. The van der Waals surface area contributed by atoms with E-state index in [2.05, 4.69) is 30.9 Å². The van der Waals surface area contributed by atoms with Crippen molar-refractivity contribution in [2.24, 2.45) is 17.8 Å². The highest BCUT2D eigenvalue weighted by atomic mass is 16.5. The second-order valence-electron chi connectivity index (χ2n) is 9.52. The van der Waals surface area contributed by atoms with Crippen LogP contribution in [0, 0.1) is 17.8 Å². The molecule has 0 N–H and O–H groups in total. The third-order valence-electron chi connectivity index (χ3n) is 6.99. The molecule has 0 amide bonds. The van der Waals surface area contributed by atoms with Crippen LogP contribution < -0.4 is 9.47 Å². The fraction of sp³-hybridized carbons (Fsp3) is 0.519. The standard InChI is InChI=1S/C27H35NO4/c1-18(2)12-21-16-28-11-10-20-14-25(30-3)26(31-4)15-23(20)24(28)13-22(21)17-32-27(29)19-8-6-5-7-9-19/h5-9,14-15,18,21-22,24H,10-13,16-17H2,1-4H3/t21-,22+,24-/m1/s1. The van der Waals surface area contributed by atoms with E-state index in [0.29, 0.717) is 36.0 Å². The number of fused-ring (bicyclic) bond motifs is 3. The number of methoxy groups -OCH3 is 2. The number of hydrogen-bond donors (Lipinski definition) is 0. The molecule has 2 aliphatic heterocycles. The molecule has 0 saturated carbocycles. The number of benzene rings is 2. The fourth-order valence-corrected chi connectivity index (χ4v) is 5.42. The number of piperidine rings is 1. The van der Waals surface area contributed by atoms with Gasteiger partial charge >= 0.3 is 5.97 Å². The van der Waals surface area contributed by atoms with Crippen LogP contribution in [0.25, 0.3) is 0 Å². The Bertz CT molecular complexity index is 927. The van der Waals surface area contributed by atoms with Crippen molar-refractivity contribution < 1.29 is 19.0 Å². The van der Waals surface area contributed by atoms with E-state index in [1.54, 1.807) is 14.2 Å². The first-order valence-electron chi connectivity index (χ1n) is 11.7. The van der Waals surface area contributed by atoms with E-state index in [9.17, 15) is 4.79 Å². The van der Waals surface area contributed by atoms with Gasteiger partial charge in [0.05, 0.1) is 26.4 Å². The lowest BCUT2D eigenvalue weighted by atomic mass is 9.74. The molecule has 0 unspecified atom stereocenters. The van der Waals surface area contributed by atoms with Crippen LogP contribution in [0.15, 0.2) is 42.5 Å². The monoisotopic (exact) mass is 437 g/mol. The Hall–Kier alpha value is -2.53. The van der Waals surface area contributed by atoms with Crippen molar-refractivity contribution in [3.63, 3.8) is 0 Å². The van der Waals surface area contributed by atoms with Gasteiger partial charge in [-0.05, 0) is 72.4 Å². The Morgan fingerprint density at radius 2 is 1.78 bits per heavy atom. The van der Waals surface area contributed by atoms with E-state index >= 15 is 0 Å². The highest BCUT2D eigenvalue weighted by molar-refractivity contribution is 5.89. The Balaban J connectivity index is 1.55. The lowest BCUT2D eigenvalue weighted by Crippen LogP contribution is -2.47. The summed E-state index contributed by atoms with van der Waals surface area (Å²) in [4.78, 5) is 15.2. The number of esters is 1. The molecule has 0 bridgehead atoms. The van der Waals surface area contributed by atoms with Gasteiger partial charge in [-0.15, -0.1) is 0 Å². The summed E-state index contributed by atoms with van der Waals surface area (Å²) in [6.45, 7) is 7.13. The Morgan fingerprint density at radius 3 is 2.47 bits per heavy atom. The first-order chi connectivity index (χ1) is 15.5. The Kier molecular flexibility index (Phi) is 7.04. The molecule has 0 radical (unpaired) electrons. The molecular weight excluding hydrogens is 402 g/mol. The Labute approximate surface area is 191 Å². The molecule has 3 atom stereocenters. The maximum absolute atomic E-state index is 12.6. The third-order valence-corrected chi connectivity index (χ3v) is 6.99. The minimum atomic E-state index is -0.230. The minimum Gasteiger partial charge on any atom is -0.493 e. The van der Waals surface area contributed by atoms with Gasteiger partial charge in [0.1, 0.15) is 0 Å². The molecule has 5 heteroatoms. The van der Waals surface area contributed by atoms with Crippen LogP contribution in [0.4, 0.5) is 0 Å². The van der Waals surface area contributed by atoms with Crippen molar-refractivity contribution in [3.05, 3.63) is 59.2 Å². The zero-order chi connectivity index (χ0) is 22.7. The summed E-state index contributed by atoms with van der Waals surface area (Å²) >= 11 is 0. The average Bonchev–Trinajstić information content (AvgIpc) is 2.81. The van der Waals surface area contributed by atoms with Crippen molar-refractivity contribution >= 4 is 5.97 Å². The number of ether oxygens (including phenoxy) is 3. The average molecular weight is 438 g/mol. The summed E-state index contributed by atoms with van der Waals surface area (Å²) in [7, 11) is 3.38. The lowest BCUT2D eigenvalue weighted by molar-refractivity contribution is 0.0000187. The van der Waals surface area contributed by atoms with Gasteiger partial charge in [-0.2, -0.15) is 0 Å². The summed E-state index contributed by atoms with van der Waals surface area (Å²) in [5.41, 5.74) is 3.28. The normalized spacial score (nSPS) is 22.7. The van der Waals surface area contributed by atoms with E-state index in [0.717, 1.165) is 43.9 Å². The topological polar surface area (TPSA) is 48.0 Å². The van der Waals surface area contributed by atoms with Crippen LogP contribution in [-0.2, 0) is 11.2 Å². The zero-order valence-electron chi connectivity index (χ0n) is 19.7. The number of hydrogen-bond acceptors (Lipinski definition) is 5. The highest BCUT2D eigenvalue weighted by Gasteiger charge is 2.40. The predicted octanol–water partition coefficient (Wildman–Crippen LogP) is 5.14. The molecule has 2 aliphatic rings. The number of carbonyl (C=O) groups is 1. The fourth-order valence-electron chi connectivity index (χ4n) is 5.42. The smallest absolute Gasteiger partial charge is 0.338 e. The second-order valence-corrected chi connectivity index (χ2v) is 9.52. The van der Waals surface area contributed by atoms with Crippen molar-refractivity contribution in [3.8, 4) is 11.5 Å². The molecule has 2 aromatic rings. The van der Waals surface area contributed by atoms with Crippen molar-refractivity contribution in [1.29, 1.82) is 0 Å². The van der Waals surface area contributed by atoms with E-state index in [1.807, 2.05) is 30.3 Å². The highest BCUT2D eigenvalue weighted by Crippen LogP contribution is 2.45. The van der Waals surface area contributed by atoms with Crippen LogP contribution in [-0.4, -0.2) is 44.8 Å². The summed E-state index contributed by atoms with van der Waals surface area (Å²) in [5.74, 6) is 2.82. The zero-order valence-corrected chi connectivity index (χ0v) is 19.7. The number of carbonyl (C=O) groups excluding carboxylic acids is 1. The van der Waals surface area contributed by atoms with Gasteiger partial charge in [-0.3, -0.25) is 4.90 Å². The van der Waals surface area contributed by atoms with E-state index in [1.165, 1.54) is 11.1 Å². The quantitative estimate of drug-likeness (QED) is 0.561. The maximum Gasteiger partial charge on any atom is 0.338 e. The van der Waals surface area contributed by atoms with Crippen LogP contribution in [0.5, 0.6) is 11.5 Å². The molecule has 5 nitrogen and oxygen atoms in total. The molecule has 0 aliphatic carbocycles. The maximum atomic E-state index is 12.6. The third kappa shape index (κ3) is 4.78. The summed E-state index contributed by atoms with van der Waals surface area (Å²) < 4.78 is 17.0. The minimum absolute atomic E-state index is 0.230. The van der Waals surface area contributed by atoms with E-state index < -0.39 is 0 Å². The first-order valence-corrected chi connectivity index (χ1v) is 11.7. The van der Waals surface area contributed by atoms with Crippen LogP contribution in [0.3, 0.4) is 0 Å². The van der Waals surface area contributed by atoms with E-state index in [4.69, 9.17) is 14.2 Å². The Morgan fingerprint density at radius 1 is 1.06 bits per heavy atom. The van der Waals surface area contributed by atoms with Gasteiger partial charge in [-0.1, -0.05) is 32.0 Å². The van der Waals surface area contributed by atoms with Gasteiger partial charge in [0.25, 0.3) is 0 Å². The molecule has 2 aromatic carbocycles. The summed E-state index contributed by atoms with van der Waals surface area (Å²) in [6, 6.07) is 13.9. The SMILES string of the molecule is COc1cc2c(cc1OC)[C@H]1C[C@@H](COC(=O)c3ccccc3)[C@H](CC(C)C)CN1CC2. The predicted molar refractivity (Wildman–Crippen MR) is 125 cm³/mol. The lowest BCUT2D eigenvalue weighted by Gasteiger charge is -2.47. The summed E-state index contributed by atoms with van der Waals surface area (Å²) in [6.07, 6.45) is 3.16. The molecule has 32 heavy (non-hydrogen) atoms. The molecule has 1 saturated heterocycles. The molecule has 1 fully saturated rings. The molecular formula is C27H35NO4. The van der Waals surface area contributed by atoms with E-state index in [-0.39, 0.29) is 5.97 Å². The van der Waals surface area contributed by atoms with Crippen molar-refractivity contribution in [2.75, 3.05) is 33.9 Å².